The standard InChI is InChI=1S/C25H25N5O4/c1-15-5-6-19(25-28-26-14-34-25)13-22(15)27-24(32)18-7-9-20(10-8-18)30-17(3)21(16(2)29-30)11-12-23(31)33-4/h5-10,13-14H,11-12H2,1-4H3,(H,27,32). The SMILES string of the molecule is COC(=O)CCc1c(C)nn(-c2ccc(C(=O)Nc3cc(-c4nnco4)ccc3C)cc2)c1C. The first kappa shape index (κ1) is 22.9. The van der Waals surface area contributed by atoms with Gasteiger partial charge in [-0.3, -0.25) is 9.59 Å². The lowest BCUT2D eigenvalue weighted by Gasteiger charge is -2.11. The molecular formula is C25H25N5O4. The van der Waals surface area contributed by atoms with E-state index in [0.29, 0.717) is 30.0 Å². The molecule has 0 saturated heterocycles. The summed E-state index contributed by atoms with van der Waals surface area (Å²) in [5.41, 5.74) is 6.47. The van der Waals surface area contributed by atoms with Crippen LogP contribution >= 0.6 is 0 Å². The van der Waals surface area contributed by atoms with Gasteiger partial charge in [0.25, 0.3) is 5.91 Å². The van der Waals surface area contributed by atoms with Gasteiger partial charge in [0.1, 0.15) is 0 Å². The first-order chi connectivity index (χ1) is 16.4. The van der Waals surface area contributed by atoms with E-state index in [2.05, 4.69) is 20.6 Å². The second-order valence-electron chi connectivity index (χ2n) is 7.91. The lowest BCUT2D eigenvalue weighted by molar-refractivity contribution is -0.140. The smallest absolute Gasteiger partial charge is 0.305 e. The molecule has 2 heterocycles. The van der Waals surface area contributed by atoms with Gasteiger partial charge in [-0.05, 0) is 74.7 Å². The quantitative estimate of drug-likeness (QED) is 0.412. The molecule has 2 aromatic carbocycles. The van der Waals surface area contributed by atoms with Gasteiger partial charge in [-0.25, -0.2) is 4.68 Å². The van der Waals surface area contributed by atoms with Crippen LogP contribution in [0.15, 0.2) is 53.3 Å². The number of nitrogens with zero attached hydrogens (tertiary/aromatic N) is 4. The van der Waals surface area contributed by atoms with Crippen molar-refractivity contribution in [2.45, 2.75) is 33.6 Å². The fourth-order valence-electron chi connectivity index (χ4n) is 3.75. The summed E-state index contributed by atoms with van der Waals surface area (Å²) in [5.74, 6) is -0.0973. The number of aryl methyl sites for hydroxylation is 2. The van der Waals surface area contributed by atoms with E-state index in [0.717, 1.165) is 33.8 Å². The number of hydrogen-bond acceptors (Lipinski definition) is 7. The van der Waals surface area contributed by atoms with Crippen LogP contribution in [0.2, 0.25) is 0 Å². The van der Waals surface area contributed by atoms with E-state index in [1.807, 2.05) is 49.7 Å². The number of anilines is 1. The van der Waals surface area contributed by atoms with Crippen LogP contribution in [0.4, 0.5) is 5.69 Å². The number of amides is 1. The number of nitrogens with one attached hydrogen (secondary N) is 1. The molecule has 0 aliphatic heterocycles. The van der Waals surface area contributed by atoms with Gasteiger partial charge in [0.2, 0.25) is 12.3 Å². The van der Waals surface area contributed by atoms with Gasteiger partial charge in [0, 0.05) is 28.9 Å². The summed E-state index contributed by atoms with van der Waals surface area (Å²) in [6, 6.07) is 12.8. The van der Waals surface area contributed by atoms with E-state index < -0.39 is 0 Å². The Morgan fingerprint density at radius 3 is 2.53 bits per heavy atom. The van der Waals surface area contributed by atoms with E-state index >= 15 is 0 Å². The molecule has 9 nitrogen and oxygen atoms in total. The van der Waals surface area contributed by atoms with Crippen molar-refractivity contribution < 1.29 is 18.7 Å². The molecular weight excluding hydrogens is 434 g/mol. The monoisotopic (exact) mass is 459 g/mol. The maximum absolute atomic E-state index is 12.9. The van der Waals surface area contributed by atoms with Crippen molar-refractivity contribution in [3.05, 3.63) is 76.9 Å². The van der Waals surface area contributed by atoms with Gasteiger partial charge in [-0.1, -0.05) is 6.07 Å². The maximum atomic E-state index is 12.9. The first-order valence-corrected chi connectivity index (χ1v) is 10.8. The highest BCUT2D eigenvalue weighted by Gasteiger charge is 2.16. The normalized spacial score (nSPS) is 10.8. The largest absolute Gasteiger partial charge is 0.469 e. The Balaban J connectivity index is 1.51. The summed E-state index contributed by atoms with van der Waals surface area (Å²) in [5, 5.41) is 15.2. The third kappa shape index (κ3) is 4.73. The Labute approximate surface area is 196 Å². The molecule has 2 aromatic heterocycles. The molecule has 0 unspecified atom stereocenters. The topological polar surface area (TPSA) is 112 Å². The average Bonchev–Trinajstić information content (AvgIpc) is 3.47. The third-order valence-electron chi connectivity index (χ3n) is 5.71. The predicted molar refractivity (Wildman–Crippen MR) is 126 cm³/mol. The van der Waals surface area contributed by atoms with Crippen molar-refractivity contribution in [2.24, 2.45) is 0 Å². The molecule has 34 heavy (non-hydrogen) atoms. The fraction of sp³-hybridized carbons (Fsp3) is 0.240. The molecule has 0 bridgehead atoms. The lowest BCUT2D eigenvalue weighted by atomic mass is 10.1. The van der Waals surface area contributed by atoms with Crippen molar-refractivity contribution in [3.8, 4) is 17.1 Å². The predicted octanol–water partition coefficient (Wildman–Crippen LogP) is 4.21. The minimum absolute atomic E-state index is 0.232. The summed E-state index contributed by atoms with van der Waals surface area (Å²) in [6.45, 7) is 5.80. The summed E-state index contributed by atoms with van der Waals surface area (Å²) in [4.78, 5) is 24.4. The number of hydrogen-bond donors (Lipinski definition) is 1. The maximum Gasteiger partial charge on any atom is 0.305 e. The molecule has 0 aliphatic rings. The van der Waals surface area contributed by atoms with Gasteiger partial charge < -0.3 is 14.5 Å². The number of carbonyl (C=O) groups is 2. The Morgan fingerprint density at radius 2 is 1.85 bits per heavy atom. The van der Waals surface area contributed by atoms with Crippen LogP contribution in [0, 0.1) is 20.8 Å². The molecule has 0 atom stereocenters. The summed E-state index contributed by atoms with van der Waals surface area (Å²) in [6.07, 6.45) is 2.13. The molecule has 174 valence electrons. The van der Waals surface area contributed by atoms with Crippen LogP contribution in [-0.4, -0.2) is 39.0 Å². The van der Waals surface area contributed by atoms with E-state index in [1.165, 1.54) is 13.5 Å². The molecule has 0 fully saturated rings. The zero-order valence-electron chi connectivity index (χ0n) is 19.5. The van der Waals surface area contributed by atoms with E-state index in [9.17, 15) is 9.59 Å². The third-order valence-corrected chi connectivity index (χ3v) is 5.71. The van der Waals surface area contributed by atoms with Crippen molar-refractivity contribution >= 4 is 17.6 Å². The highest BCUT2D eigenvalue weighted by atomic mass is 16.5. The van der Waals surface area contributed by atoms with E-state index in [4.69, 9.17) is 9.15 Å². The van der Waals surface area contributed by atoms with Crippen LogP contribution in [0.1, 0.15) is 39.3 Å². The Bertz CT molecular complexity index is 1320. The van der Waals surface area contributed by atoms with Gasteiger partial charge in [-0.15, -0.1) is 10.2 Å². The van der Waals surface area contributed by atoms with Gasteiger partial charge in [0.05, 0.1) is 18.5 Å². The molecule has 1 amide bonds. The van der Waals surface area contributed by atoms with Gasteiger partial charge in [0.15, 0.2) is 0 Å². The van der Waals surface area contributed by atoms with Crippen molar-refractivity contribution in [3.63, 3.8) is 0 Å². The Morgan fingerprint density at radius 1 is 1.09 bits per heavy atom. The van der Waals surface area contributed by atoms with Gasteiger partial charge >= 0.3 is 5.97 Å². The number of methoxy groups -OCH3 is 1. The molecule has 9 heteroatoms. The molecule has 0 spiro atoms. The first-order valence-electron chi connectivity index (χ1n) is 10.8. The number of rotatable bonds is 7. The summed E-state index contributed by atoms with van der Waals surface area (Å²) in [7, 11) is 1.38. The number of aromatic nitrogens is 4. The zero-order valence-corrected chi connectivity index (χ0v) is 19.5. The highest BCUT2D eigenvalue weighted by Crippen LogP contribution is 2.25. The van der Waals surface area contributed by atoms with Crippen LogP contribution in [0.25, 0.3) is 17.1 Å². The van der Waals surface area contributed by atoms with Crippen LogP contribution in [0.5, 0.6) is 0 Å². The molecule has 1 N–H and O–H groups in total. The fourth-order valence-corrected chi connectivity index (χ4v) is 3.75. The average molecular weight is 460 g/mol. The van der Waals surface area contributed by atoms with E-state index in [-0.39, 0.29) is 11.9 Å². The second kappa shape index (κ2) is 9.70. The van der Waals surface area contributed by atoms with Crippen LogP contribution in [0.3, 0.4) is 0 Å². The van der Waals surface area contributed by atoms with Gasteiger partial charge in [-0.2, -0.15) is 5.10 Å². The minimum Gasteiger partial charge on any atom is -0.469 e. The highest BCUT2D eigenvalue weighted by molar-refractivity contribution is 6.05. The summed E-state index contributed by atoms with van der Waals surface area (Å²) >= 11 is 0. The molecule has 0 saturated carbocycles. The van der Waals surface area contributed by atoms with Crippen molar-refractivity contribution in [1.82, 2.24) is 20.0 Å². The minimum atomic E-state index is -0.250. The number of carbonyl (C=O) groups excluding carboxylic acids is 2. The molecule has 0 radical (unpaired) electrons. The summed E-state index contributed by atoms with van der Waals surface area (Å²) < 4.78 is 11.8. The number of benzene rings is 2. The number of esters is 1. The Hall–Kier alpha value is -4.27. The van der Waals surface area contributed by atoms with Crippen molar-refractivity contribution in [1.29, 1.82) is 0 Å². The Kier molecular flexibility index (Phi) is 6.53. The van der Waals surface area contributed by atoms with Crippen LogP contribution < -0.4 is 5.32 Å². The molecule has 4 aromatic rings. The molecule has 4 rings (SSSR count). The lowest BCUT2D eigenvalue weighted by Crippen LogP contribution is -2.13. The zero-order chi connectivity index (χ0) is 24.2. The number of ether oxygens (including phenoxy) is 1. The van der Waals surface area contributed by atoms with Crippen LogP contribution in [-0.2, 0) is 16.0 Å². The second-order valence-corrected chi connectivity index (χ2v) is 7.91. The molecule has 0 aliphatic carbocycles. The van der Waals surface area contributed by atoms with Crippen molar-refractivity contribution in [2.75, 3.05) is 12.4 Å². The van der Waals surface area contributed by atoms with E-state index in [1.54, 1.807) is 18.2 Å².